The number of anilines is 1. The molecule has 0 radical (unpaired) electrons. The lowest BCUT2D eigenvalue weighted by Crippen LogP contribution is -2.12. The van der Waals surface area contributed by atoms with Crippen LogP contribution >= 0.6 is 0 Å². The molecule has 1 unspecified atom stereocenters. The van der Waals surface area contributed by atoms with Crippen molar-refractivity contribution in [3.05, 3.63) is 69.5 Å². The van der Waals surface area contributed by atoms with Crippen LogP contribution in [0.3, 0.4) is 0 Å². The van der Waals surface area contributed by atoms with Crippen LogP contribution in [0.15, 0.2) is 36.4 Å². The van der Waals surface area contributed by atoms with Gasteiger partial charge in [0.05, 0.1) is 11.0 Å². The Morgan fingerprint density at radius 2 is 1.76 bits per heavy atom. The molecule has 2 rings (SSSR count). The van der Waals surface area contributed by atoms with Gasteiger partial charge >= 0.3 is 0 Å². The van der Waals surface area contributed by atoms with Crippen molar-refractivity contribution < 1.29 is 18.1 Å². The Kier molecular flexibility index (Phi) is 4.11. The molecular weight excluding hydrogens is 285 g/mol. The number of hydrogen-bond donors (Lipinski definition) is 1. The molecule has 0 aliphatic carbocycles. The van der Waals surface area contributed by atoms with Gasteiger partial charge in [-0.25, -0.2) is 13.2 Å². The summed E-state index contributed by atoms with van der Waals surface area (Å²) in [6.07, 6.45) is 0. The fourth-order valence-corrected chi connectivity index (χ4v) is 2.01. The molecule has 110 valence electrons. The molecule has 4 nitrogen and oxygen atoms in total. The molecule has 0 aromatic heterocycles. The van der Waals surface area contributed by atoms with Gasteiger partial charge in [-0.2, -0.15) is 0 Å². The number of halogens is 3. The van der Waals surface area contributed by atoms with Gasteiger partial charge in [-0.3, -0.25) is 10.1 Å². The summed E-state index contributed by atoms with van der Waals surface area (Å²) >= 11 is 0. The first-order valence-electron chi connectivity index (χ1n) is 6.04. The molecule has 1 atom stereocenters. The van der Waals surface area contributed by atoms with Gasteiger partial charge in [0, 0.05) is 17.7 Å². The Bertz CT molecular complexity index is 672. The third kappa shape index (κ3) is 3.13. The van der Waals surface area contributed by atoms with Crippen LogP contribution in [0.25, 0.3) is 0 Å². The van der Waals surface area contributed by atoms with Gasteiger partial charge in [0.2, 0.25) is 0 Å². The van der Waals surface area contributed by atoms with Crippen LogP contribution < -0.4 is 5.32 Å². The molecule has 0 aliphatic rings. The maximum absolute atomic E-state index is 13.7. The lowest BCUT2D eigenvalue weighted by molar-refractivity contribution is -0.384. The fourth-order valence-electron chi connectivity index (χ4n) is 2.01. The second-order valence-corrected chi connectivity index (χ2v) is 4.42. The van der Waals surface area contributed by atoms with Crippen LogP contribution in [-0.2, 0) is 0 Å². The Balaban J connectivity index is 2.38. The zero-order valence-corrected chi connectivity index (χ0v) is 10.9. The minimum atomic E-state index is -0.910. The van der Waals surface area contributed by atoms with Crippen molar-refractivity contribution in [3.8, 4) is 0 Å². The number of rotatable bonds is 4. The van der Waals surface area contributed by atoms with Crippen LogP contribution in [0.2, 0.25) is 0 Å². The lowest BCUT2D eigenvalue weighted by atomic mass is 10.1. The third-order valence-corrected chi connectivity index (χ3v) is 2.96. The van der Waals surface area contributed by atoms with Crippen molar-refractivity contribution in [1.29, 1.82) is 0 Å². The topological polar surface area (TPSA) is 55.2 Å². The summed E-state index contributed by atoms with van der Waals surface area (Å²) in [6, 6.07) is 5.30. The number of nitrogens with one attached hydrogen (secondary N) is 1. The number of hydrogen-bond acceptors (Lipinski definition) is 3. The predicted octanol–water partition coefficient (Wildman–Crippen LogP) is 4.19. The largest absolute Gasteiger partial charge is 0.373 e. The molecule has 0 heterocycles. The van der Waals surface area contributed by atoms with E-state index in [0.29, 0.717) is 0 Å². The van der Waals surface area contributed by atoms with Crippen molar-refractivity contribution in [2.45, 2.75) is 13.0 Å². The molecule has 0 aliphatic heterocycles. The van der Waals surface area contributed by atoms with Crippen LogP contribution in [0.5, 0.6) is 0 Å². The first-order valence-corrected chi connectivity index (χ1v) is 6.04. The molecule has 0 saturated carbocycles. The Morgan fingerprint density at radius 3 is 2.33 bits per heavy atom. The van der Waals surface area contributed by atoms with Gasteiger partial charge in [-0.15, -0.1) is 0 Å². The second kappa shape index (κ2) is 5.82. The van der Waals surface area contributed by atoms with E-state index in [0.717, 1.165) is 30.3 Å². The molecule has 2 aromatic carbocycles. The van der Waals surface area contributed by atoms with Gasteiger partial charge < -0.3 is 5.32 Å². The minimum absolute atomic E-state index is 0.143. The molecule has 1 N–H and O–H groups in total. The van der Waals surface area contributed by atoms with Crippen molar-refractivity contribution in [2.24, 2.45) is 0 Å². The van der Waals surface area contributed by atoms with Crippen LogP contribution in [0, 0.1) is 27.6 Å². The van der Waals surface area contributed by atoms with E-state index in [1.807, 2.05) is 0 Å². The summed E-state index contributed by atoms with van der Waals surface area (Å²) in [5.74, 6) is -2.26. The minimum Gasteiger partial charge on any atom is -0.373 e. The summed E-state index contributed by atoms with van der Waals surface area (Å²) in [5, 5.41) is 13.4. The van der Waals surface area contributed by atoms with E-state index in [1.54, 1.807) is 0 Å². The zero-order valence-electron chi connectivity index (χ0n) is 10.9. The predicted molar refractivity (Wildman–Crippen MR) is 71.5 cm³/mol. The maximum atomic E-state index is 13.7. The highest BCUT2D eigenvalue weighted by atomic mass is 19.1. The smallest absolute Gasteiger partial charge is 0.292 e. The number of nitro groups is 1. The summed E-state index contributed by atoms with van der Waals surface area (Å²) in [7, 11) is 0. The lowest BCUT2D eigenvalue weighted by Gasteiger charge is -2.17. The van der Waals surface area contributed by atoms with Crippen LogP contribution in [-0.4, -0.2) is 4.92 Å². The van der Waals surface area contributed by atoms with E-state index in [-0.39, 0.29) is 16.9 Å². The van der Waals surface area contributed by atoms with E-state index < -0.39 is 28.4 Å². The molecule has 0 bridgehead atoms. The van der Waals surface area contributed by atoms with Crippen LogP contribution in [0.1, 0.15) is 18.5 Å². The summed E-state index contributed by atoms with van der Waals surface area (Å²) in [5.41, 5.74) is -0.786. The summed E-state index contributed by atoms with van der Waals surface area (Å²) in [4.78, 5) is 10.2. The highest BCUT2D eigenvalue weighted by Crippen LogP contribution is 2.30. The average Bonchev–Trinajstić information content (AvgIpc) is 2.38. The molecular formula is C14H11F3N2O2. The second-order valence-electron chi connectivity index (χ2n) is 4.42. The van der Waals surface area contributed by atoms with E-state index in [1.165, 1.54) is 13.0 Å². The Hall–Kier alpha value is -2.57. The molecule has 21 heavy (non-hydrogen) atoms. The fraction of sp³-hybridized carbons (Fsp3) is 0.143. The monoisotopic (exact) mass is 296 g/mol. The number of benzene rings is 2. The standard InChI is InChI=1S/C14H11F3N2O2/c1-8(14-10(16)3-2-4-11(14)17)18-12-7-9(15)5-6-13(12)19(20)21/h2-8,18H,1H3. The van der Waals surface area contributed by atoms with Crippen molar-refractivity contribution in [1.82, 2.24) is 0 Å². The molecule has 0 spiro atoms. The molecule has 0 fully saturated rings. The highest BCUT2D eigenvalue weighted by Gasteiger charge is 2.20. The quantitative estimate of drug-likeness (QED) is 0.680. The van der Waals surface area contributed by atoms with E-state index in [9.17, 15) is 23.3 Å². The number of nitrogens with zero attached hydrogens (tertiary/aromatic N) is 1. The third-order valence-electron chi connectivity index (χ3n) is 2.96. The first kappa shape index (κ1) is 14.8. The van der Waals surface area contributed by atoms with Gasteiger partial charge in [-0.1, -0.05) is 6.07 Å². The first-order chi connectivity index (χ1) is 9.90. The average molecular weight is 296 g/mol. The summed E-state index contributed by atoms with van der Waals surface area (Å²) < 4.78 is 40.5. The molecule has 2 aromatic rings. The van der Waals surface area contributed by atoms with Gasteiger partial charge in [0.15, 0.2) is 0 Å². The maximum Gasteiger partial charge on any atom is 0.292 e. The van der Waals surface area contributed by atoms with Crippen LogP contribution in [0.4, 0.5) is 24.5 Å². The SMILES string of the molecule is CC(Nc1cc(F)ccc1[N+](=O)[O-])c1c(F)cccc1F. The van der Waals surface area contributed by atoms with E-state index in [2.05, 4.69) is 5.32 Å². The Labute approximate surface area is 118 Å². The molecule has 7 heteroatoms. The molecule has 0 saturated heterocycles. The summed E-state index contributed by atoms with van der Waals surface area (Å²) in [6.45, 7) is 1.43. The van der Waals surface area contributed by atoms with Gasteiger partial charge in [0.25, 0.3) is 5.69 Å². The Morgan fingerprint density at radius 1 is 1.14 bits per heavy atom. The molecule has 0 amide bonds. The van der Waals surface area contributed by atoms with E-state index in [4.69, 9.17) is 0 Å². The van der Waals surface area contributed by atoms with Gasteiger partial charge in [0.1, 0.15) is 23.1 Å². The highest BCUT2D eigenvalue weighted by molar-refractivity contribution is 5.62. The van der Waals surface area contributed by atoms with Crippen molar-refractivity contribution in [2.75, 3.05) is 5.32 Å². The van der Waals surface area contributed by atoms with Crippen molar-refractivity contribution >= 4 is 11.4 Å². The number of nitro benzene ring substituents is 1. The van der Waals surface area contributed by atoms with E-state index >= 15 is 0 Å². The van der Waals surface area contributed by atoms with Crippen molar-refractivity contribution in [3.63, 3.8) is 0 Å². The normalized spacial score (nSPS) is 12.0. The van der Waals surface area contributed by atoms with Gasteiger partial charge in [-0.05, 0) is 25.1 Å². The zero-order chi connectivity index (χ0) is 15.6.